The molecule has 2 rings (SSSR count). The number of pyridine rings is 1. The van der Waals surface area contributed by atoms with Crippen LogP contribution in [0.25, 0.3) is 0 Å². The summed E-state index contributed by atoms with van der Waals surface area (Å²) in [4.78, 5) is 17.5. The molecule has 2 N–H and O–H groups in total. The van der Waals surface area contributed by atoms with E-state index >= 15 is 0 Å². The number of carbonyl (C=O) groups is 1. The van der Waals surface area contributed by atoms with Crippen molar-refractivity contribution < 1.29 is 9.53 Å². The third kappa shape index (κ3) is 4.66. The van der Waals surface area contributed by atoms with Crippen LogP contribution >= 0.6 is 11.8 Å². The molecule has 0 amide bonds. The molecule has 1 aromatic heterocycles. The molecule has 0 aliphatic heterocycles. The zero-order valence-corrected chi connectivity index (χ0v) is 14.3. The molecule has 0 atom stereocenters. The monoisotopic (exact) mass is 342 g/mol. The van der Waals surface area contributed by atoms with E-state index < -0.39 is 0 Å². The van der Waals surface area contributed by atoms with E-state index in [1.54, 1.807) is 30.2 Å². The molecule has 0 aliphatic rings. The molecule has 6 nitrogen and oxygen atoms in total. The molecular formula is C17H18N4O2S. The van der Waals surface area contributed by atoms with Crippen LogP contribution in [0.15, 0.2) is 48.7 Å². The Hall–Kier alpha value is -2.67. The first-order chi connectivity index (χ1) is 11.5. The molecule has 0 unspecified atom stereocenters. The van der Waals surface area contributed by atoms with Gasteiger partial charge in [-0.25, -0.2) is 9.78 Å². The Morgan fingerprint density at radius 1 is 1.21 bits per heavy atom. The van der Waals surface area contributed by atoms with Crippen LogP contribution in [0.5, 0.6) is 0 Å². The van der Waals surface area contributed by atoms with Crippen LogP contribution in [0.4, 0.5) is 5.82 Å². The lowest BCUT2D eigenvalue weighted by molar-refractivity contribution is 0.0600. The van der Waals surface area contributed by atoms with E-state index in [4.69, 9.17) is 10.8 Å². The quantitative estimate of drug-likeness (QED) is 0.504. The van der Waals surface area contributed by atoms with Crippen LogP contribution in [0.2, 0.25) is 0 Å². The normalized spacial score (nSPS) is 10.1. The Morgan fingerprint density at radius 3 is 2.46 bits per heavy atom. The van der Waals surface area contributed by atoms with Crippen molar-refractivity contribution in [1.29, 1.82) is 10.8 Å². The van der Waals surface area contributed by atoms with E-state index in [2.05, 4.69) is 9.72 Å². The van der Waals surface area contributed by atoms with Gasteiger partial charge >= 0.3 is 5.97 Å². The Morgan fingerprint density at radius 2 is 1.92 bits per heavy atom. The fraction of sp³-hybridized carbons (Fsp3) is 0.176. The van der Waals surface area contributed by atoms with Crippen molar-refractivity contribution in [2.24, 2.45) is 0 Å². The average molecular weight is 342 g/mol. The molecule has 0 spiro atoms. The van der Waals surface area contributed by atoms with Crippen molar-refractivity contribution in [2.75, 3.05) is 12.0 Å². The van der Waals surface area contributed by atoms with Crippen molar-refractivity contribution in [3.8, 4) is 0 Å². The molecule has 0 fully saturated rings. The summed E-state index contributed by atoms with van der Waals surface area (Å²) in [6, 6.07) is 12.5. The summed E-state index contributed by atoms with van der Waals surface area (Å²) < 4.78 is 4.69. The molecule has 0 saturated carbocycles. The summed E-state index contributed by atoms with van der Waals surface area (Å²) in [6.45, 7) is 2.05. The van der Waals surface area contributed by atoms with Gasteiger partial charge < -0.3 is 9.64 Å². The van der Waals surface area contributed by atoms with E-state index in [-0.39, 0.29) is 11.1 Å². The second-order valence-corrected chi connectivity index (χ2v) is 6.13. The van der Waals surface area contributed by atoms with Crippen molar-refractivity contribution in [2.45, 2.75) is 13.5 Å². The highest BCUT2D eigenvalue weighted by molar-refractivity contribution is 8.26. The zero-order chi connectivity index (χ0) is 17.5. The highest BCUT2D eigenvalue weighted by Gasteiger charge is 2.16. The Labute approximate surface area is 144 Å². The summed E-state index contributed by atoms with van der Waals surface area (Å²) >= 11 is 1.07. The number of nitrogens with zero attached hydrogens (tertiary/aromatic N) is 2. The van der Waals surface area contributed by atoms with Crippen molar-refractivity contribution in [3.63, 3.8) is 0 Å². The number of amidine groups is 1. The number of methoxy groups -OCH3 is 1. The van der Waals surface area contributed by atoms with Gasteiger partial charge in [-0.15, -0.1) is 0 Å². The van der Waals surface area contributed by atoms with Crippen molar-refractivity contribution in [1.82, 2.24) is 4.98 Å². The second kappa shape index (κ2) is 8.26. The highest BCUT2D eigenvalue weighted by atomic mass is 32.2. The third-order valence-corrected chi connectivity index (χ3v) is 3.86. The van der Waals surface area contributed by atoms with Crippen LogP contribution in [0, 0.1) is 10.8 Å². The topological polar surface area (TPSA) is 90.1 Å². The van der Waals surface area contributed by atoms with Gasteiger partial charge in [-0.05, 0) is 48.5 Å². The van der Waals surface area contributed by atoms with Gasteiger partial charge in [-0.1, -0.05) is 18.2 Å². The largest absolute Gasteiger partial charge is 0.465 e. The van der Waals surface area contributed by atoms with Gasteiger partial charge in [0.1, 0.15) is 5.82 Å². The highest BCUT2D eigenvalue weighted by Crippen LogP contribution is 2.20. The number of thioether (sulfide) groups is 1. The van der Waals surface area contributed by atoms with Crippen LogP contribution in [0.1, 0.15) is 22.8 Å². The summed E-state index contributed by atoms with van der Waals surface area (Å²) in [7, 11) is 1.34. The maximum absolute atomic E-state index is 11.5. The number of rotatable bonds is 4. The fourth-order valence-electron chi connectivity index (χ4n) is 2.02. The minimum atomic E-state index is -0.383. The maximum atomic E-state index is 11.5. The van der Waals surface area contributed by atoms with Crippen LogP contribution in [-0.2, 0) is 11.3 Å². The van der Waals surface area contributed by atoms with E-state index in [1.165, 1.54) is 7.11 Å². The molecule has 1 aromatic carbocycles. The molecule has 1 heterocycles. The third-order valence-electron chi connectivity index (χ3n) is 3.14. The predicted octanol–water partition coefficient (Wildman–Crippen LogP) is 3.54. The Kier molecular flexibility index (Phi) is 6.08. The lowest BCUT2D eigenvalue weighted by Crippen LogP contribution is -2.28. The van der Waals surface area contributed by atoms with E-state index in [0.717, 1.165) is 17.3 Å². The number of ether oxygens (including phenoxy) is 1. The van der Waals surface area contributed by atoms with Gasteiger partial charge in [-0.3, -0.25) is 10.8 Å². The molecule has 124 valence electrons. The van der Waals surface area contributed by atoms with Gasteiger partial charge in [0.2, 0.25) is 0 Å². The lowest BCUT2D eigenvalue weighted by Gasteiger charge is -2.23. The number of hydrogen-bond acceptors (Lipinski definition) is 6. The summed E-state index contributed by atoms with van der Waals surface area (Å²) in [6.07, 6.45) is 1.66. The minimum Gasteiger partial charge on any atom is -0.465 e. The maximum Gasteiger partial charge on any atom is 0.337 e. The number of anilines is 1. The van der Waals surface area contributed by atoms with Crippen LogP contribution in [0.3, 0.4) is 0 Å². The van der Waals surface area contributed by atoms with Gasteiger partial charge in [0.15, 0.2) is 5.17 Å². The van der Waals surface area contributed by atoms with Gasteiger partial charge in [0.05, 0.1) is 24.3 Å². The molecule has 0 saturated heterocycles. The number of benzene rings is 1. The first-order valence-corrected chi connectivity index (χ1v) is 8.00. The van der Waals surface area contributed by atoms with Gasteiger partial charge in [-0.2, -0.15) is 0 Å². The zero-order valence-electron chi connectivity index (χ0n) is 13.4. The molecule has 7 heteroatoms. The molecule has 0 radical (unpaired) electrons. The lowest BCUT2D eigenvalue weighted by atomic mass is 10.1. The van der Waals surface area contributed by atoms with E-state index in [9.17, 15) is 4.79 Å². The molecule has 2 aromatic rings. The molecule has 0 aliphatic carbocycles. The van der Waals surface area contributed by atoms with Crippen molar-refractivity contribution >= 4 is 33.8 Å². The average Bonchev–Trinajstić information content (AvgIpc) is 2.59. The van der Waals surface area contributed by atoms with E-state index in [1.807, 2.05) is 30.3 Å². The summed E-state index contributed by atoms with van der Waals surface area (Å²) in [5, 5.41) is 16.4. The first kappa shape index (κ1) is 17.7. The number of esters is 1. The minimum absolute atomic E-state index is 0.221. The number of nitrogens with one attached hydrogen (secondary N) is 2. The van der Waals surface area contributed by atoms with Gasteiger partial charge in [0.25, 0.3) is 0 Å². The number of aromatic nitrogens is 1. The molecule has 0 bridgehead atoms. The van der Waals surface area contributed by atoms with Crippen LogP contribution < -0.4 is 4.90 Å². The molecular weight excluding hydrogens is 324 g/mol. The number of carbonyl (C=O) groups excluding carboxylic acids is 1. The Bertz CT molecular complexity index is 732. The smallest absolute Gasteiger partial charge is 0.337 e. The summed E-state index contributed by atoms with van der Waals surface area (Å²) in [5.41, 5.74) is 1.40. The summed E-state index contributed by atoms with van der Waals surface area (Å²) in [5.74, 6) is 0.249. The standard InChI is InChI=1S/C17H18N4O2S/c1-12(18)24-17(19)21(15-5-3-4-10-20-15)11-13-6-8-14(9-7-13)16(22)23-2/h3-10,18-19H,11H2,1-2H3. The SMILES string of the molecule is COC(=O)c1ccc(CN(C(=N)SC(C)=N)c2ccccn2)cc1. The molecule has 24 heavy (non-hydrogen) atoms. The van der Waals surface area contributed by atoms with Crippen molar-refractivity contribution in [3.05, 3.63) is 59.8 Å². The van der Waals surface area contributed by atoms with Crippen LogP contribution in [-0.4, -0.2) is 28.3 Å². The fourth-order valence-corrected chi connectivity index (χ4v) is 2.58. The Balaban J connectivity index is 2.23. The second-order valence-electron chi connectivity index (χ2n) is 4.93. The van der Waals surface area contributed by atoms with Gasteiger partial charge in [0, 0.05) is 6.20 Å². The van der Waals surface area contributed by atoms with E-state index in [0.29, 0.717) is 23.0 Å². The predicted molar refractivity (Wildman–Crippen MR) is 96.9 cm³/mol. The number of hydrogen-bond donors (Lipinski definition) is 2. The first-order valence-electron chi connectivity index (χ1n) is 7.18.